The van der Waals surface area contributed by atoms with Crippen molar-refractivity contribution in [1.82, 2.24) is 9.88 Å². The van der Waals surface area contributed by atoms with E-state index in [1.807, 2.05) is 6.07 Å². The molecule has 0 aliphatic heterocycles. The van der Waals surface area contributed by atoms with Gasteiger partial charge in [-0.25, -0.2) is 4.98 Å². The normalized spacial score (nSPS) is 11.6. The van der Waals surface area contributed by atoms with Crippen molar-refractivity contribution in [3.8, 4) is 6.07 Å². The molecule has 0 aromatic carbocycles. The first-order chi connectivity index (χ1) is 9.27. The summed E-state index contributed by atoms with van der Waals surface area (Å²) in [5, 5.41) is 9.31. The maximum Gasteiger partial charge on any atom is 0.235 e. The highest BCUT2D eigenvalue weighted by Crippen LogP contribution is 2.27. The lowest BCUT2D eigenvalue weighted by Crippen LogP contribution is -2.29. The number of carbonyl (C=O) groups is 2. The second-order valence-corrected chi connectivity index (χ2v) is 5.96. The van der Waals surface area contributed by atoms with Gasteiger partial charge < -0.3 is 4.90 Å². The van der Waals surface area contributed by atoms with Crippen LogP contribution in [0, 0.1) is 18.3 Å². The van der Waals surface area contributed by atoms with E-state index in [1.54, 1.807) is 34.0 Å². The van der Waals surface area contributed by atoms with Crippen molar-refractivity contribution >= 4 is 23.5 Å². The quantitative estimate of drug-likeness (QED) is 0.627. The number of ketones is 1. The molecule has 1 unspecified atom stereocenters. The molecular formula is C14H17N3O2S. The van der Waals surface area contributed by atoms with Crippen LogP contribution >= 0.6 is 11.8 Å². The Morgan fingerprint density at radius 1 is 1.45 bits per heavy atom. The number of carbonyl (C=O) groups excluding carboxylic acids is 2. The average Bonchev–Trinajstić information content (AvgIpc) is 2.37. The summed E-state index contributed by atoms with van der Waals surface area (Å²) in [6.07, 6.45) is 0. The first kappa shape index (κ1) is 16.2. The highest BCUT2D eigenvalue weighted by Gasteiger charge is 2.20. The molecule has 0 spiro atoms. The van der Waals surface area contributed by atoms with E-state index in [1.165, 1.54) is 23.6 Å². The van der Waals surface area contributed by atoms with E-state index in [2.05, 4.69) is 4.98 Å². The van der Waals surface area contributed by atoms with Gasteiger partial charge in [0.2, 0.25) is 5.91 Å². The summed E-state index contributed by atoms with van der Waals surface area (Å²) < 4.78 is 0. The van der Waals surface area contributed by atoms with E-state index >= 15 is 0 Å². The zero-order valence-electron chi connectivity index (χ0n) is 12.2. The summed E-state index contributed by atoms with van der Waals surface area (Å²) in [7, 11) is 3.37. The number of amides is 1. The summed E-state index contributed by atoms with van der Waals surface area (Å²) in [4.78, 5) is 29.1. The molecule has 1 amide bonds. The third-order valence-corrected chi connectivity index (χ3v) is 3.84. The molecular weight excluding hydrogens is 274 g/mol. The Morgan fingerprint density at radius 2 is 2.05 bits per heavy atom. The van der Waals surface area contributed by atoms with E-state index in [0.717, 1.165) is 0 Å². The fourth-order valence-electron chi connectivity index (χ4n) is 1.69. The topological polar surface area (TPSA) is 74.1 Å². The molecule has 1 aromatic heterocycles. The molecule has 106 valence electrons. The molecule has 0 aliphatic carbocycles. The molecule has 5 nitrogen and oxygen atoms in total. The van der Waals surface area contributed by atoms with E-state index in [0.29, 0.717) is 21.8 Å². The second kappa shape index (κ2) is 6.53. The number of hydrogen-bond donors (Lipinski definition) is 0. The number of rotatable bonds is 4. The Morgan fingerprint density at radius 3 is 2.50 bits per heavy atom. The second-order valence-electron chi connectivity index (χ2n) is 4.63. The highest BCUT2D eigenvalue weighted by molar-refractivity contribution is 8.00. The number of nitriles is 1. The first-order valence-corrected chi connectivity index (χ1v) is 6.96. The molecule has 1 aromatic rings. The monoisotopic (exact) mass is 291 g/mol. The molecule has 20 heavy (non-hydrogen) atoms. The zero-order chi connectivity index (χ0) is 15.4. The number of aromatic nitrogens is 1. The number of pyridine rings is 1. The van der Waals surface area contributed by atoms with Gasteiger partial charge in [0.25, 0.3) is 0 Å². The van der Waals surface area contributed by atoms with Gasteiger partial charge in [0.1, 0.15) is 11.1 Å². The van der Waals surface area contributed by atoms with Crippen LogP contribution in [0.15, 0.2) is 11.1 Å². The maximum absolute atomic E-state index is 11.8. The van der Waals surface area contributed by atoms with Crippen LogP contribution in [-0.2, 0) is 4.79 Å². The zero-order valence-corrected chi connectivity index (χ0v) is 13.0. The third-order valence-electron chi connectivity index (χ3n) is 2.75. The predicted molar refractivity (Wildman–Crippen MR) is 77.7 cm³/mol. The average molecular weight is 291 g/mol. The molecule has 0 N–H and O–H groups in total. The minimum Gasteiger partial charge on any atom is -0.348 e. The van der Waals surface area contributed by atoms with Crippen molar-refractivity contribution in [3.05, 3.63) is 22.9 Å². The summed E-state index contributed by atoms with van der Waals surface area (Å²) in [5.74, 6) is -0.172. The Hall–Kier alpha value is -1.87. The fourth-order valence-corrected chi connectivity index (χ4v) is 2.76. The fraction of sp³-hybridized carbons (Fsp3) is 0.429. The Kier molecular flexibility index (Phi) is 5.28. The minimum absolute atomic E-state index is 0.0472. The van der Waals surface area contributed by atoms with Gasteiger partial charge >= 0.3 is 0 Å². The van der Waals surface area contributed by atoms with Crippen molar-refractivity contribution < 1.29 is 9.59 Å². The van der Waals surface area contributed by atoms with Crippen LogP contribution in [-0.4, -0.2) is 40.9 Å². The van der Waals surface area contributed by atoms with Gasteiger partial charge in [-0.1, -0.05) is 11.8 Å². The molecule has 0 fully saturated rings. The Bertz CT molecular complexity index is 591. The van der Waals surface area contributed by atoms with Crippen molar-refractivity contribution in [2.75, 3.05) is 14.1 Å². The number of thioether (sulfide) groups is 1. The lowest BCUT2D eigenvalue weighted by atomic mass is 10.1. The molecule has 1 atom stereocenters. The Labute approximate surface area is 123 Å². The van der Waals surface area contributed by atoms with Gasteiger partial charge in [-0.15, -0.1) is 0 Å². The van der Waals surface area contributed by atoms with Crippen LogP contribution in [0.3, 0.4) is 0 Å². The minimum atomic E-state index is -0.341. The summed E-state index contributed by atoms with van der Waals surface area (Å²) >= 11 is 1.23. The molecule has 0 saturated heterocycles. The molecule has 1 heterocycles. The van der Waals surface area contributed by atoms with E-state index in [4.69, 9.17) is 5.26 Å². The van der Waals surface area contributed by atoms with Crippen molar-refractivity contribution in [2.24, 2.45) is 0 Å². The molecule has 0 saturated carbocycles. The van der Waals surface area contributed by atoms with Crippen LogP contribution in [0.4, 0.5) is 0 Å². The van der Waals surface area contributed by atoms with Crippen molar-refractivity contribution in [1.29, 1.82) is 5.26 Å². The smallest absolute Gasteiger partial charge is 0.235 e. The molecule has 0 bridgehead atoms. The van der Waals surface area contributed by atoms with Gasteiger partial charge in [-0.3, -0.25) is 9.59 Å². The first-order valence-electron chi connectivity index (χ1n) is 6.08. The van der Waals surface area contributed by atoms with Gasteiger partial charge in [-0.2, -0.15) is 5.26 Å². The third kappa shape index (κ3) is 3.58. The number of hydrogen-bond acceptors (Lipinski definition) is 5. The van der Waals surface area contributed by atoms with E-state index in [-0.39, 0.29) is 16.9 Å². The van der Waals surface area contributed by atoms with Crippen LogP contribution in [0.1, 0.15) is 35.5 Å². The van der Waals surface area contributed by atoms with Gasteiger partial charge in [0, 0.05) is 25.4 Å². The predicted octanol–water partition coefficient (Wildman–Crippen LogP) is 2.03. The van der Waals surface area contributed by atoms with Crippen LogP contribution < -0.4 is 0 Å². The van der Waals surface area contributed by atoms with E-state index in [9.17, 15) is 9.59 Å². The lowest BCUT2D eigenvalue weighted by molar-refractivity contribution is -0.127. The molecule has 6 heteroatoms. The van der Waals surface area contributed by atoms with Crippen molar-refractivity contribution in [2.45, 2.75) is 31.0 Å². The largest absolute Gasteiger partial charge is 0.348 e. The number of nitrogens with zero attached hydrogens (tertiary/aromatic N) is 3. The molecule has 0 aliphatic rings. The van der Waals surface area contributed by atoms with Crippen LogP contribution in [0.2, 0.25) is 0 Å². The summed E-state index contributed by atoms with van der Waals surface area (Å²) in [6, 6.07) is 3.57. The van der Waals surface area contributed by atoms with Gasteiger partial charge in [0.15, 0.2) is 5.78 Å². The Balaban J connectivity index is 3.14. The summed E-state index contributed by atoms with van der Waals surface area (Å²) in [6.45, 7) is 4.93. The van der Waals surface area contributed by atoms with Gasteiger partial charge in [0.05, 0.1) is 10.8 Å². The van der Waals surface area contributed by atoms with E-state index < -0.39 is 0 Å². The maximum atomic E-state index is 11.8. The van der Waals surface area contributed by atoms with Crippen LogP contribution in [0.5, 0.6) is 0 Å². The standard InChI is InChI=1S/C14H17N3O2S/c1-8-12(9(2)18)6-11(7-15)13(16-8)20-10(3)14(19)17(4)5/h6,10H,1-5H3. The highest BCUT2D eigenvalue weighted by atomic mass is 32.2. The van der Waals surface area contributed by atoms with Crippen LogP contribution in [0.25, 0.3) is 0 Å². The number of aryl methyl sites for hydroxylation is 1. The number of Topliss-reactive ketones (excluding diaryl/α,β-unsaturated/α-hetero) is 1. The van der Waals surface area contributed by atoms with Crippen molar-refractivity contribution in [3.63, 3.8) is 0 Å². The lowest BCUT2D eigenvalue weighted by Gasteiger charge is -2.17. The molecule has 1 rings (SSSR count). The molecule has 0 radical (unpaired) electrons. The SMILES string of the molecule is CC(=O)c1cc(C#N)c(SC(C)C(=O)N(C)C)nc1C. The summed E-state index contributed by atoms with van der Waals surface area (Å²) in [5.41, 5.74) is 1.34. The van der Waals surface area contributed by atoms with Gasteiger partial charge in [-0.05, 0) is 26.8 Å².